The number of nitrogens with zero attached hydrogens (tertiary/aromatic N) is 2. The Morgan fingerprint density at radius 1 is 1.33 bits per heavy atom. The van der Waals surface area contributed by atoms with Crippen LogP contribution in [0.25, 0.3) is 0 Å². The lowest BCUT2D eigenvalue weighted by Gasteiger charge is -2.37. The van der Waals surface area contributed by atoms with Gasteiger partial charge in [-0.3, -0.25) is 14.9 Å². The fourth-order valence-electron chi connectivity index (χ4n) is 3.42. The summed E-state index contributed by atoms with van der Waals surface area (Å²) >= 11 is 9.43. The molecule has 1 aromatic rings. The number of nitro benzene ring substituents is 1. The number of carbonyl (C=O) groups excluding carboxylic acids is 1. The summed E-state index contributed by atoms with van der Waals surface area (Å²) in [6, 6.07) is 4.59. The predicted molar refractivity (Wildman–Crippen MR) is 83.0 cm³/mol. The second-order valence-corrected chi connectivity index (χ2v) is 7.32. The molecule has 0 aromatic heterocycles. The van der Waals surface area contributed by atoms with Gasteiger partial charge in [0, 0.05) is 28.0 Å². The maximum Gasteiger partial charge on any atom is 0.283 e. The zero-order valence-corrected chi connectivity index (χ0v) is 13.5. The van der Waals surface area contributed by atoms with Crippen LogP contribution < -0.4 is 0 Å². The average Bonchev–Trinajstić information content (AvgIpc) is 2.70. The molecule has 0 saturated carbocycles. The summed E-state index contributed by atoms with van der Waals surface area (Å²) in [7, 11) is 0. The molecule has 5 nitrogen and oxygen atoms in total. The highest BCUT2D eigenvalue weighted by Gasteiger charge is 2.43. The van der Waals surface area contributed by atoms with Gasteiger partial charge in [0.15, 0.2) is 0 Å². The van der Waals surface area contributed by atoms with Gasteiger partial charge in [0.25, 0.3) is 11.6 Å². The van der Waals surface area contributed by atoms with Crippen molar-refractivity contribution in [1.29, 1.82) is 0 Å². The van der Waals surface area contributed by atoms with Gasteiger partial charge in [0.05, 0.1) is 4.92 Å². The van der Waals surface area contributed by atoms with E-state index in [1.807, 2.05) is 4.90 Å². The molecule has 0 N–H and O–H groups in total. The first-order chi connectivity index (χ1) is 9.97. The summed E-state index contributed by atoms with van der Waals surface area (Å²) in [5.74, 6) is -0.245. The Kier molecular flexibility index (Phi) is 3.92. The number of carbonyl (C=O) groups is 1. The van der Waals surface area contributed by atoms with E-state index in [0.29, 0.717) is 4.83 Å². The molecule has 2 atom stereocenters. The monoisotopic (exact) mass is 372 g/mol. The largest absolute Gasteiger partial charge is 0.332 e. The number of hydrogen-bond donors (Lipinski definition) is 0. The lowest BCUT2D eigenvalue weighted by atomic mass is 10.0. The van der Waals surface area contributed by atoms with Gasteiger partial charge in [-0.1, -0.05) is 27.5 Å². The minimum atomic E-state index is -0.543. The van der Waals surface area contributed by atoms with Gasteiger partial charge < -0.3 is 4.90 Å². The number of alkyl halides is 1. The third kappa shape index (κ3) is 2.66. The number of piperidine rings is 1. The van der Waals surface area contributed by atoms with Gasteiger partial charge in [0.1, 0.15) is 5.56 Å². The van der Waals surface area contributed by atoms with Crippen molar-refractivity contribution in [2.75, 3.05) is 0 Å². The van der Waals surface area contributed by atoms with E-state index in [1.54, 1.807) is 0 Å². The van der Waals surface area contributed by atoms with Gasteiger partial charge in [-0.15, -0.1) is 0 Å². The fraction of sp³-hybridized carbons (Fsp3) is 0.500. The molecule has 21 heavy (non-hydrogen) atoms. The standard InChI is InChI=1S/C14H14BrClN2O3/c15-8-5-10-2-3-11(6-8)17(10)14(19)12-4-1-9(16)7-13(12)18(20)21/h1,4,7-8,10-11H,2-3,5-6H2. The van der Waals surface area contributed by atoms with E-state index in [0.717, 1.165) is 25.7 Å². The van der Waals surface area contributed by atoms with E-state index in [1.165, 1.54) is 18.2 Å². The first-order valence-corrected chi connectivity index (χ1v) is 8.17. The Labute approximate surface area is 135 Å². The molecule has 2 unspecified atom stereocenters. The highest BCUT2D eigenvalue weighted by Crippen LogP contribution is 2.40. The van der Waals surface area contributed by atoms with Crippen molar-refractivity contribution >= 4 is 39.1 Å². The molecule has 0 radical (unpaired) electrons. The van der Waals surface area contributed by atoms with Crippen LogP contribution in [0.5, 0.6) is 0 Å². The average molecular weight is 374 g/mol. The van der Waals surface area contributed by atoms with Crippen LogP contribution in [0.15, 0.2) is 18.2 Å². The molecule has 2 bridgehead atoms. The molecule has 0 spiro atoms. The molecule has 1 aromatic carbocycles. The van der Waals surface area contributed by atoms with Crippen molar-refractivity contribution in [3.8, 4) is 0 Å². The lowest BCUT2D eigenvalue weighted by Crippen LogP contribution is -2.47. The number of amides is 1. The lowest BCUT2D eigenvalue weighted by molar-refractivity contribution is -0.385. The number of nitro groups is 1. The Morgan fingerprint density at radius 2 is 1.95 bits per heavy atom. The van der Waals surface area contributed by atoms with Crippen molar-refractivity contribution in [3.63, 3.8) is 0 Å². The molecule has 2 aliphatic rings. The highest BCUT2D eigenvalue weighted by atomic mass is 79.9. The van der Waals surface area contributed by atoms with E-state index in [-0.39, 0.29) is 34.3 Å². The maximum atomic E-state index is 12.8. The van der Waals surface area contributed by atoms with Gasteiger partial charge in [-0.2, -0.15) is 0 Å². The van der Waals surface area contributed by atoms with Gasteiger partial charge in [0.2, 0.25) is 0 Å². The summed E-state index contributed by atoms with van der Waals surface area (Å²) in [6.45, 7) is 0. The summed E-state index contributed by atoms with van der Waals surface area (Å²) in [6.07, 6.45) is 3.76. The molecule has 1 amide bonds. The Morgan fingerprint density at radius 3 is 2.52 bits per heavy atom. The molecule has 3 rings (SSSR count). The third-order valence-electron chi connectivity index (χ3n) is 4.30. The number of hydrogen-bond acceptors (Lipinski definition) is 3. The molecular weight excluding hydrogens is 360 g/mol. The minimum Gasteiger partial charge on any atom is -0.332 e. The highest BCUT2D eigenvalue weighted by molar-refractivity contribution is 9.09. The Bertz CT molecular complexity index is 596. The third-order valence-corrected chi connectivity index (χ3v) is 5.28. The molecule has 2 heterocycles. The van der Waals surface area contributed by atoms with Crippen LogP contribution >= 0.6 is 27.5 Å². The van der Waals surface area contributed by atoms with Crippen molar-refractivity contribution in [1.82, 2.24) is 4.90 Å². The SMILES string of the molecule is O=C(c1ccc(Cl)cc1[N+](=O)[O-])N1C2CCC1CC(Br)C2. The second-order valence-electron chi connectivity index (χ2n) is 5.58. The molecule has 2 aliphatic heterocycles. The number of benzene rings is 1. The van der Waals surface area contributed by atoms with Gasteiger partial charge >= 0.3 is 0 Å². The van der Waals surface area contributed by atoms with Crippen molar-refractivity contribution in [3.05, 3.63) is 38.9 Å². The Hall–Kier alpha value is -1.14. The Balaban J connectivity index is 1.95. The van der Waals surface area contributed by atoms with Crippen LogP contribution in [-0.4, -0.2) is 32.6 Å². The van der Waals surface area contributed by atoms with Crippen LogP contribution in [0.1, 0.15) is 36.0 Å². The molecule has 112 valence electrons. The van der Waals surface area contributed by atoms with Crippen LogP contribution in [-0.2, 0) is 0 Å². The van der Waals surface area contributed by atoms with Crippen molar-refractivity contribution < 1.29 is 9.72 Å². The number of rotatable bonds is 2. The summed E-state index contributed by atoms with van der Waals surface area (Å²) in [5.41, 5.74) is -0.0813. The van der Waals surface area contributed by atoms with Crippen LogP contribution in [0, 0.1) is 10.1 Å². The van der Waals surface area contributed by atoms with Crippen LogP contribution in [0.2, 0.25) is 5.02 Å². The second kappa shape index (κ2) is 5.57. The first-order valence-electron chi connectivity index (χ1n) is 6.88. The van der Waals surface area contributed by atoms with E-state index in [4.69, 9.17) is 11.6 Å². The molecule has 7 heteroatoms. The quantitative estimate of drug-likeness (QED) is 0.450. The minimum absolute atomic E-state index is 0.134. The number of halogens is 2. The van der Waals surface area contributed by atoms with Gasteiger partial charge in [-0.25, -0.2) is 0 Å². The molecule has 0 aliphatic carbocycles. The first kappa shape index (κ1) is 14.8. The van der Waals surface area contributed by atoms with E-state index >= 15 is 0 Å². The smallest absolute Gasteiger partial charge is 0.283 e. The van der Waals surface area contributed by atoms with Crippen LogP contribution in [0.4, 0.5) is 5.69 Å². The van der Waals surface area contributed by atoms with Crippen LogP contribution in [0.3, 0.4) is 0 Å². The topological polar surface area (TPSA) is 63.4 Å². The molecule has 2 saturated heterocycles. The van der Waals surface area contributed by atoms with Gasteiger partial charge in [-0.05, 0) is 37.8 Å². The zero-order chi connectivity index (χ0) is 15.1. The normalized spacial score (nSPS) is 27.7. The van der Waals surface area contributed by atoms with E-state index in [2.05, 4.69) is 15.9 Å². The summed E-state index contributed by atoms with van der Waals surface area (Å²) in [4.78, 5) is 25.7. The van der Waals surface area contributed by atoms with E-state index < -0.39 is 4.92 Å². The number of fused-ring (bicyclic) bond motifs is 2. The summed E-state index contributed by atoms with van der Waals surface area (Å²) in [5, 5.41) is 11.4. The fourth-order valence-corrected chi connectivity index (χ4v) is 4.45. The predicted octanol–water partition coefficient (Wildman–Crippen LogP) is 3.78. The molecular formula is C14H14BrClN2O3. The van der Waals surface area contributed by atoms with E-state index in [9.17, 15) is 14.9 Å². The van der Waals surface area contributed by atoms with Crippen molar-refractivity contribution in [2.24, 2.45) is 0 Å². The zero-order valence-electron chi connectivity index (χ0n) is 11.2. The van der Waals surface area contributed by atoms with Crippen molar-refractivity contribution in [2.45, 2.75) is 42.6 Å². The summed E-state index contributed by atoms with van der Waals surface area (Å²) < 4.78 is 0. The maximum absolute atomic E-state index is 12.8. The molecule has 2 fully saturated rings.